The van der Waals surface area contributed by atoms with Crippen molar-refractivity contribution >= 4 is 15.5 Å². The highest BCUT2D eigenvalue weighted by Gasteiger charge is 2.46. The quantitative estimate of drug-likeness (QED) is 0.833. The van der Waals surface area contributed by atoms with Gasteiger partial charge in [-0.25, -0.2) is 8.42 Å². The first-order valence-electron chi connectivity index (χ1n) is 6.98. The molecule has 0 atom stereocenters. The number of halogens is 3. The van der Waals surface area contributed by atoms with Crippen molar-refractivity contribution in [2.24, 2.45) is 7.05 Å². The zero-order chi connectivity index (χ0) is 17.5. The third-order valence-electron chi connectivity index (χ3n) is 3.65. The van der Waals surface area contributed by atoms with Crippen LogP contribution < -0.4 is 9.64 Å². The van der Waals surface area contributed by atoms with E-state index in [0.29, 0.717) is 24.5 Å². The summed E-state index contributed by atoms with van der Waals surface area (Å²) in [4.78, 5) is 1.12. The Morgan fingerprint density at radius 2 is 1.83 bits per heavy atom. The van der Waals surface area contributed by atoms with Crippen LogP contribution in [0.5, 0.6) is 5.75 Å². The zero-order valence-electron chi connectivity index (χ0n) is 12.6. The number of sulfone groups is 1. The van der Waals surface area contributed by atoms with Gasteiger partial charge in [0.05, 0.1) is 30.4 Å². The van der Waals surface area contributed by atoms with Gasteiger partial charge in [0.1, 0.15) is 6.10 Å². The molecule has 6 nitrogen and oxygen atoms in total. The number of aromatic nitrogens is 2. The van der Waals surface area contributed by atoms with Crippen LogP contribution in [-0.2, 0) is 16.9 Å². The topological polar surface area (TPSA) is 64.4 Å². The number of alkyl halides is 3. The summed E-state index contributed by atoms with van der Waals surface area (Å²) in [5, 5.41) is 3.99. The number of hydrogen-bond acceptors (Lipinski definition) is 5. The van der Waals surface area contributed by atoms with Crippen LogP contribution in [0, 0.1) is 0 Å². The van der Waals surface area contributed by atoms with E-state index >= 15 is 0 Å². The van der Waals surface area contributed by atoms with Gasteiger partial charge < -0.3 is 9.64 Å². The van der Waals surface area contributed by atoms with Crippen molar-refractivity contribution in [3.63, 3.8) is 0 Å². The lowest BCUT2D eigenvalue weighted by molar-refractivity contribution is -0.0436. The molecule has 0 unspecified atom stereocenters. The van der Waals surface area contributed by atoms with E-state index < -0.39 is 20.2 Å². The third kappa shape index (κ3) is 3.05. The largest absolute Gasteiger partial charge is 0.501 e. The maximum atomic E-state index is 12.5. The molecule has 0 aliphatic carbocycles. The van der Waals surface area contributed by atoms with Crippen LogP contribution in [0.25, 0.3) is 0 Å². The molecule has 1 aliphatic heterocycles. The average molecular weight is 361 g/mol. The maximum absolute atomic E-state index is 12.5. The number of aryl methyl sites for hydroxylation is 1. The smallest absolute Gasteiger partial charge is 0.483 e. The van der Waals surface area contributed by atoms with Gasteiger partial charge in [-0.15, -0.1) is 0 Å². The zero-order valence-corrected chi connectivity index (χ0v) is 13.4. The minimum Gasteiger partial charge on any atom is -0.483 e. The number of rotatable bonds is 4. The van der Waals surface area contributed by atoms with Gasteiger partial charge in [-0.1, -0.05) is 0 Å². The molecule has 3 rings (SSSR count). The summed E-state index contributed by atoms with van der Waals surface area (Å²) in [7, 11) is -3.53. The van der Waals surface area contributed by atoms with E-state index in [-0.39, 0.29) is 6.10 Å². The Bertz CT molecular complexity index is 825. The molecule has 10 heteroatoms. The number of ether oxygens (including phenoxy) is 1. The molecule has 0 amide bonds. The minimum absolute atomic E-state index is 0.0483. The van der Waals surface area contributed by atoms with Crippen LogP contribution in [0.1, 0.15) is 0 Å². The van der Waals surface area contributed by atoms with E-state index in [4.69, 9.17) is 4.74 Å². The minimum atomic E-state index is -5.31. The number of hydrogen-bond donors (Lipinski definition) is 0. The molecule has 1 fully saturated rings. The van der Waals surface area contributed by atoms with Crippen molar-refractivity contribution in [2.75, 3.05) is 18.0 Å². The van der Waals surface area contributed by atoms with E-state index in [1.165, 1.54) is 12.1 Å². The summed E-state index contributed by atoms with van der Waals surface area (Å²) in [5.41, 5.74) is -4.66. The van der Waals surface area contributed by atoms with Gasteiger partial charge in [0, 0.05) is 12.7 Å². The van der Waals surface area contributed by atoms with Gasteiger partial charge in [0.2, 0.25) is 0 Å². The fourth-order valence-electron chi connectivity index (χ4n) is 2.35. The molecular formula is C14H14F3N3O3S. The predicted molar refractivity (Wildman–Crippen MR) is 79.5 cm³/mol. The van der Waals surface area contributed by atoms with Crippen molar-refractivity contribution in [1.82, 2.24) is 9.78 Å². The van der Waals surface area contributed by atoms with Crippen LogP contribution in [0.4, 0.5) is 18.9 Å². The van der Waals surface area contributed by atoms with Crippen LogP contribution >= 0.6 is 0 Å². The molecule has 130 valence electrons. The predicted octanol–water partition coefficient (Wildman–Crippen LogP) is 1.98. The molecular weight excluding hydrogens is 347 g/mol. The van der Waals surface area contributed by atoms with Gasteiger partial charge in [-0.3, -0.25) is 4.68 Å². The molecule has 2 aromatic rings. The number of nitrogens with zero attached hydrogens (tertiary/aromatic N) is 3. The first kappa shape index (κ1) is 16.6. The highest BCUT2D eigenvalue weighted by Crippen LogP contribution is 2.32. The standard InChI is InChI=1S/C14H14F3N3O3S/c1-19-7-11(6-18-19)23-12-8-20(9-12)10-2-4-13(5-3-10)24(21,22)14(15,16)17/h2-7,12H,8-9H2,1H3. The van der Waals surface area contributed by atoms with Crippen molar-refractivity contribution in [3.05, 3.63) is 36.7 Å². The Hall–Kier alpha value is -2.23. The van der Waals surface area contributed by atoms with Crippen molar-refractivity contribution in [2.45, 2.75) is 16.5 Å². The maximum Gasteiger partial charge on any atom is 0.501 e. The molecule has 1 aromatic heterocycles. The molecule has 1 saturated heterocycles. The highest BCUT2D eigenvalue weighted by molar-refractivity contribution is 7.92. The summed E-state index contributed by atoms with van der Waals surface area (Å²) < 4.78 is 67.4. The molecule has 0 bridgehead atoms. The third-order valence-corrected chi connectivity index (χ3v) is 5.15. The first-order chi connectivity index (χ1) is 11.2. The summed E-state index contributed by atoms with van der Waals surface area (Å²) in [6.07, 6.45) is 3.28. The molecule has 2 heterocycles. The van der Waals surface area contributed by atoms with E-state index in [9.17, 15) is 21.6 Å². The SMILES string of the molecule is Cn1cc(OC2CN(c3ccc(S(=O)(=O)C(F)(F)F)cc3)C2)cn1. The monoisotopic (exact) mass is 361 g/mol. The van der Waals surface area contributed by atoms with Crippen LogP contribution in [0.2, 0.25) is 0 Å². The lowest BCUT2D eigenvalue weighted by Gasteiger charge is -2.40. The summed E-state index contributed by atoms with van der Waals surface area (Å²) in [6.45, 7) is 1.11. The Balaban J connectivity index is 1.62. The van der Waals surface area contributed by atoms with Gasteiger partial charge in [-0.2, -0.15) is 18.3 Å². The normalized spacial score (nSPS) is 16.1. The molecule has 0 radical (unpaired) electrons. The highest BCUT2D eigenvalue weighted by atomic mass is 32.2. The van der Waals surface area contributed by atoms with E-state index in [1.54, 1.807) is 24.1 Å². The fourth-order valence-corrected chi connectivity index (χ4v) is 3.11. The Morgan fingerprint density at radius 3 is 2.33 bits per heavy atom. The second-order valence-electron chi connectivity index (χ2n) is 5.44. The van der Waals surface area contributed by atoms with Gasteiger partial charge >= 0.3 is 5.51 Å². The second-order valence-corrected chi connectivity index (χ2v) is 7.38. The lowest BCUT2D eigenvalue weighted by atomic mass is 10.1. The Kier molecular flexibility index (Phi) is 3.94. The van der Waals surface area contributed by atoms with Gasteiger partial charge in [-0.05, 0) is 24.3 Å². The molecule has 0 N–H and O–H groups in total. The first-order valence-corrected chi connectivity index (χ1v) is 8.47. The van der Waals surface area contributed by atoms with Crippen molar-refractivity contribution in [1.29, 1.82) is 0 Å². The van der Waals surface area contributed by atoms with E-state index in [1.807, 2.05) is 4.90 Å². The second kappa shape index (κ2) is 5.69. The van der Waals surface area contributed by atoms with Crippen LogP contribution in [-0.4, -0.2) is 42.9 Å². The molecule has 24 heavy (non-hydrogen) atoms. The molecule has 1 aliphatic rings. The van der Waals surface area contributed by atoms with E-state index in [0.717, 1.165) is 12.1 Å². The Morgan fingerprint density at radius 1 is 1.21 bits per heavy atom. The number of anilines is 1. The fraction of sp³-hybridized carbons (Fsp3) is 0.357. The summed E-state index contributed by atoms with van der Waals surface area (Å²) in [6, 6.07) is 4.65. The Labute approximate surface area is 136 Å². The summed E-state index contributed by atoms with van der Waals surface area (Å²) >= 11 is 0. The van der Waals surface area contributed by atoms with E-state index in [2.05, 4.69) is 5.10 Å². The van der Waals surface area contributed by atoms with Crippen LogP contribution in [0.3, 0.4) is 0 Å². The molecule has 1 aromatic carbocycles. The summed E-state index contributed by atoms with van der Waals surface area (Å²) in [5.74, 6) is 0.647. The van der Waals surface area contributed by atoms with Crippen molar-refractivity contribution in [3.8, 4) is 5.75 Å². The van der Waals surface area contributed by atoms with Gasteiger partial charge in [0.15, 0.2) is 5.75 Å². The van der Waals surface area contributed by atoms with Gasteiger partial charge in [0.25, 0.3) is 9.84 Å². The van der Waals surface area contributed by atoms with Crippen molar-refractivity contribution < 1.29 is 26.3 Å². The molecule has 0 saturated carbocycles. The molecule has 0 spiro atoms. The lowest BCUT2D eigenvalue weighted by Crippen LogP contribution is -2.54. The number of benzene rings is 1. The van der Waals surface area contributed by atoms with Crippen LogP contribution in [0.15, 0.2) is 41.6 Å². The average Bonchev–Trinajstić information content (AvgIpc) is 2.87.